The summed E-state index contributed by atoms with van der Waals surface area (Å²) in [6, 6.07) is 24.0. The van der Waals surface area contributed by atoms with Crippen molar-refractivity contribution in [2.75, 3.05) is 7.11 Å². The molecule has 0 fully saturated rings. The number of aromatic nitrogens is 2. The average molecular weight is 366 g/mol. The highest BCUT2D eigenvalue weighted by Gasteiger charge is 2.47. The van der Waals surface area contributed by atoms with Gasteiger partial charge in [-0.3, -0.25) is 9.97 Å². The van der Waals surface area contributed by atoms with Crippen molar-refractivity contribution >= 4 is 0 Å². The molecule has 4 heteroatoms. The Morgan fingerprint density at radius 3 is 2.00 bits per heavy atom. The fraction of sp³-hybridized carbons (Fsp3) is 0.0833. The first kappa shape index (κ1) is 16.5. The summed E-state index contributed by atoms with van der Waals surface area (Å²) < 4.78 is 5.42. The number of pyridine rings is 2. The number of fused-ring (bicyclic) bond motifs is 3. The normalized spacial score (nSPS) is 13.6. The zero-order valence-electron chi connectivity index (χ0n) is 15.3. The number of nitrogens with zero attached hydrogens (tertiary/aromatic N) is 2. The van der Waals surface area contributed by atoms with Crippen molar-refractivity contribution in [1.29, 1.82) is 0 Å². The highest BCUT2D eigenvalue weighted by Crippen LogP contribution is 2.55. The Morgan fingerprint density at radius 2 is 1.39 bits per heavy atom. The lowest BCUT2D eigenvalue weighted by Gasteiger charge is -2.33. The van der Waals surface area contributed by atoms with Crippen molar-refractivity contribution in [1.82, 2.24) is 9.97 Å². The van der Waals surface area contributed by atoms with Gasteiger partial charge in [0.2, 0.25) is 0 Å². The largest absolute Gasteiger partial charge is 0.504 e. The maximum atomic E-state index is 10.2. The van der Waals surface area contributed by atoms with E-state index >= 15 is 0 Å². The molecule has 2 aromatic heterocycles. The lowest BCUT2D eigenvalue weighted by molar-refractivity contribution is 0.372. The van der Waals surface area contributed by atoms with Crippen LogP contribution in [0.3, 0.4) is 0 Å². The summed E-state index contributed by atoms with van der Waals surface area (Å²) in [7, 11) is 1.56. The predicted octanol–water partition coefficient (Wildman–Crippen LogP) is 4.55. The van der Waals surface area contributed by atoms with Crippen LogP contribution in [0.15, 0.2) is 85.2 Å². The van der Waals surface area contributed by atoms with Gasteiger partial charge in [-0.05, 0) is 46.5 Å². The van der Waals surface area contributed by atoms with Crippen LogP contribution in [0.4, 0.5) is 0 Å². The summed E-state index contributed by atoms with van der Waals surface area (Å²) in [4.78, 5) is 9.33. The summed E-state index contributed by atoms with van der Waals surface area (Å²) in [5.41, 5.74) is 5.43. The fourth-order valence-electron chi connectivity index (χ4n) is 4.33. The minimum atomic E-state index is -0.588. The Bertz CT molecular complexity index is 1130. The van der Waals surface area contributed by atoms with Gasteiger partial charge in [-0.2, -0.15) is 0 Å². The van der Waals surface area contributed by atoms with Gasteiger partial charge >= 0.3 is 0 Å². The van der Waals surface area contributed by atoms with Crippen LogP contribution >= 0.6 is 0 Å². The van der Waals surface area contributed by atoms with Crippen molar-refractivity contribution in [2.45, 2.75) is 5.41 Å². The number of rotatable bonds is 3. The SMILES string of the molecule is COc1cc(C2(c3ccccc3)c3cccnc3-c3ncccc32)ccc1O. The lowest BCUT2D eigenvalue weighted by atomic mass is 9.68. The third-order valence-corrected chi connectivity index (χ3v) is 5.47. The van der Waals surface area contributed by atoms with E-state index < -0.39 is 5.41 Å². The molecule has 0 spiro atoms. The number of hydrogen-bond acceptors (Lipinski definition) is 4. The Hall–Kier alpha value is -3.66. The third kappa shape index (κ3) is 2.12. The molecule has 0 bridgehead atoms. The summed E-state index contributed by atoms with van der Waals surface area (Å²) in [5.74, 6) is 0.556. The Balaban J connectivity index is 1.95. The third-order valence-electron chi connectivity index (χ3n) is 5.47. The molecule has 1 aliphatic rings. The maximum absolute atomic E-state index is 10.2. The van der Waals surface area contributed by atoms with Crippen molar-refractivity contribution in [3.05, 3.63) is 107 Å². The highest BCUT2D eigenvalue weighted by molar-refractivity contribution is 5.81. The van der Waals surface area contributed by atoms with Gasteiger partial charge in [-0.1, -0.05) is 48.5 Å². The molecule has 2 aromatic carbocycles. The summed E-state index contributed by atoms with van der Waals surface area (Å²) in [5, 5.41) is 10.2. The van der Waals surface area contributed by atoms with E-state index in [1.807, 2.05) is 42.5 Å². The quantitative estimate of drug-likeness (QED) is 0.509. The lowest BCUT2D eigenvalue weighted by Crippen LogP contribution is -2.28. The second-order valence-electron chi connectivity index (χ2n) is 6.80. The molecule has 1 N–H and O–H groups in total. The molecule has 0 saturated heterocycles. The van der Waals surface area contributed by atoms with E-state index in [1.165, 1.54) is 0 Å². The Morgan fingerprint density at radius 1 is 0.750 bits per heavy atom. The molecule has 136 valence electrons. The highest BCUT2D eigenvalue weighted by atomic mass is 16.5. The average Bonchev–Trinajstić information content (AvgIpc) is 3.06. The predicted molar refractivity (Wildman–Crippen MR) is 108 cm³/mol. The van der Waals surface area contributed by atoms with Gasteiger partial charge in [0.15, 0.2) is 11.5 Å². The van der Waals surface area contributed by atoms with Crippen LogP contribution in [-0.2, 0) is 5.41 Å². The number of ether oxygens (including phenoxy) is 1. The molecule has 28 heavy (non-hydrogen) atoms. The van der Waals surface area contributed by atoms with Gasteiger partial charge in [-0.15, -0.1) is 0 Å². The van der Waals surface area contributed by atoms with E-state index in [2.05, 4.69) is 34.2 Å². The first-order chi connectivity index (χ1) is 13.8. The maximum Gasteiger partial charge on any atom is 0.160 e. The zero-order chi connectivity index (χ0) is 19.1. The second-order valence-corrected chi connectivity index (χ2v) is 6.80. The van der Waals surface area contributed by atoms with Crippen molar-refractivity contribution in [3.63, 3.8) is 0 Å². The van der Waals surface area contributed by atoms with Gasteiger partial charge < -0.3 is 9.84 Å². The standard InChI is InChI=1S/C24H18N2O2/c1-28-21-15-17(11-12-20(21)27)24(16-7-3-2-4-8-16)18-9-5-13-25-22(18)23-19(24)10-6-14-26-23/h2-15,27H,1H3. The van der Waals surface area contributed by atoms with Crippen LogP contribution < -0.4 is 4.74 Å². The number of aromatic hydroxyl groups is 1. The van der Waals surface area contributed by atoms with Crippen molar-refractivity contribution in [3.8, 4) is 22.9 Å². The molecule has 4 nitrogen and oxygen atoms in total. The molecule has 2 heterocycles. The number of hydrogen-bond donors (Lipinski definition) is 1. The molecule has 1 aliphatic carbocycles. The van der Waals surface area contributed by atoms with Crippen molar-refractivity contribution < 1.29 is 9.84 Å². The van der Waals surface area contributed by atoms with Gasteiger partial charge in [0.25, 0.3) is 0 Å². The van der Waals surface area contributed by atoms with Gasteiger partial charge in [0, 0.05) is 12.4 Å². The topological polar surface area (TPSA) is 55.2 Å². The van der Waals surface area contributed by atoms with E-state index in [0.717, 1.165) is 33.6 Å². The number of methoxy groups -OCH3 is 1. The molecular weight excluding hydrogens is 348 g/mol. The number of phenols is 1. The number of benzene rings is 2. The van der Waals surface area contributed by atoms with Gasteiger partial charge in [0.05, 0.1) is 23.9 Å². The van der Waals surface area contributed by atoms with Crippen LogP contribution in [0.25, 0.3) is 11.4 Å². The van der Waals surface area contributed by atoms with Gasteiger partial charge in [0.1, 0.15) is 0 Å². The van der Waals surface area contributed by atoms with Crippen molar-refractivity contribution in [2.24, 2.45) is 0 Å². The van der Waals surface area contributed by atoms with E-state index in [4.69, 9.17) is 4.74 Å². The van der Waals surface area contributed by atoms with E-state index in [1.54, 1.807) is 25.6 Å². The van der Waals surface area contributed by atoms with Crippen LogP contribution in [0, 0.1) is 0 Å². The molecule has 0 aliphatic heterocycles. The van der Waals surface area contributed by atoms with Crippen LogP contribution in [0.1, 0.15) is 22.3 Å². The second kappa shape index (κ2) is 6.20. The first-order valence-corrected chi connectivity index (χ1v) is 9.11. The minimum absolute atomic E-state index is 0.116. The van der Waals surface area contributed by atoms with E-state index in [-0.39, 0.29) is 5.75 Å². The molecule has 0 amide bonds. The minimum Gasteiger partial charge on any atom is -0.504 e. The molecule has 0 atom stereocenters. The van der Waals surface area contributed by atoms with Crippen LogP contribution in [0.2, 0.25) is 0 Å². The van der Waals surface area contributed by atoms with E-state index in [9.17, 15) is 5.11 Å². The summed E-state index contributed by atoms with van der Waals surface area (Å²) in [6.45, 7) is 0. The van der Waals surface area contributed by atoms with Crippen LogP contribution in [-0.4, -0.2) is 22.2 Å². The fourth-order valence-corrected chi connectivity index (χ4v) is 4.33. The molecule has 0 radical (unpaired) electrons. The zero-order valence-corrected chi connectivity index (χ0v) is 15.3. The van der Waals surface area contributed by atoms with E-state index in [0.29, 0.717) is 5.75 Å². The first-order valence-electron chi connectivity index (χ1n) is 9.11. The summed E-state index contributed by atoms with van der Waals surface area (Å²) >= 11 is 0. The molecule has 5 rings (SSSR count). The monoisotopic (exact) mass is 366 g/mol. The van der Waals surface area contributed by atoms with Crippen LogP contribution in [0.5, 0.6) is 11.5 Å². The Labute approximate surface area is 163 Å². The smallest absolute Gasteiger partial charge is 0.160 e. The molecule has 4 aromatic rings. The Kier molecular flexibility index (Phi) is 3.66. The molecule has 0 unspecified atom stereocenters. The van der Waals surface area contributed by atoms with Gasteiger partial charge in [-0.25, -0.2) is 0 Å². The molecular formula is C24H18N2O2. The number of phenolic OH excluding ortho intramolecular Hbond substituents is 1. The molecule has 0 saturated carbocycles. The summed E-state index contributed by atoms with van der Waals surface area (Å²) in [6.07, 6.45) is 3.60.